The topological polar surface area (TPSA) is 32.7 Å². The van der Waals surface area contributed by atoms with Gasteiger partial charge in [-0.3, -0.25) is 0 Å². The molecule has 1 heterocycles. The Labute approximate surface area is 176 Å². The minimum atomic E-state index is -0.945. The van der Waals surface area contributed by atoms with Crippen LogP contribution in [-0.2, 0) is 5.60 Å². The third-order valence-corrected chi connectivity index (χ3v) is 6.23. The summed E-state index contributed by atoms with van der Waals surface area (Å²) in [5.74, 6) is 0.908. The summed E-state index contributed by atoms with van der Waals surface area (Å²) < 4.78 is 5.85. The van der Waals surface area contributed by atoms with Gasteiger partial charge in [0.05, 0.1) is 12.2 Å². The van der Waals surface area contributed by atoms with Crippen LogP contribution in [0, 0.1) is 0 Å². The summed E-state index contributed by atoms with van der Waals surface area (Å²) in [6.07, 6.45) is 7.32. The van der Waals surface area contributed by atoms with Gasteiger partial charge in [0.25, 0.3) is 0 Å². The van der Waals surface area contributed by atoms with Crippen molar-refractivity contribution in [1.29, 1.82) is 0 Å². The van der Waals surface area contributed by atoms with Crippen LogP contribution >= 0.6 is 0 Å². The molecule has 1 aliphatic rings. The lowest BCUT2D eigenvalue weighted by molar-refractivity contribution is 0.0107. The zero-order valence-corrected chi connectivity index (χ0v) is 18.1. The zero-order valence-electron chi connectivity index (χ0n) is 18.1. The molecule has 0 unspecified atom stereocenters. The second-order valence-electron chi connectivity index (χ2n) is 8.55. The lowest BCUT2D eigenvalue weighted by atomic mass is 9.78. The van der Waals surface area contributed by atoms with Gasteiger partial charge in [-0.05, 0) is 62.5 Å². The Morgan fingerprint density at radius 3 is 2.31 bits per heavy atom. The van der Waals surface area contributed by atoms with Gasteiger partial charge in [-0.25, -0.2) is 0 Å². The van der Waals surface area contributed by atoms with E-state index in [-0.39, 0.29) is 5.92 Å². The Kier molecular flexibility index (Phi) is 8.14. The summed E-state index contributed by atoms with van der Waals surface area (Å²) in [5, 5.41) is 11.7. The van der Waals surface area contributed by atoms with Crippen molar-refractivity contribution in [2.24, 2.45) is 0 Å². The van der Waals surface area contributed by atoms with Gasteiger partial charge in [-0.1, -0.05) is 68.7 Å². The highest BCUT2D eigenvalue weighted by atomic mass is 16.5. The number of hydrogen-bond acceptors (Lipinski definition) is 3. The van der Waals surface area contributed by atoms with Crippen LogP contribution in [-0.4, -0.2) is 36.2 Å². The van der Waals surface area contributed by atoms with E-state index in [0.717, 1.165) is 44.0 Å². The van der Waals surface area contributed by atoms with E-state index in [4.69, 9.17) is 4.74 Å². The third kappa shape index (κ3) is 6.07. The molecule has 1 fully saturated rings. The highest BCUT2D eigenvalue weighted by molar-refractivity contribution is 5.35. The van der Waals surface area contributed by atoms with Gasteiger partial charge in [-0.15, -0.1) is 0 Å². The van der Waals surface area contributed by atoms with E-state index in [2.05, 4.69) is 36.1 Å². The number of piperidine rings is 1. The molecule has 0 saturated carbocycles. The van der Waals surface area contributed by atoms with E-state index in [1.807, 2.05) is 37.3 Å². The summed E-state index contributed by atoms with van der Waals surface area (Å²) in [4.78, 5) is 2.51. The lowest BCUT2D eigenvalue weighted by Crippen LogP contribution is -2.41. The van der Waals surface area contributed by atoms with Crippen LogP contribution < -0.4 is 4.74 Å². The van der Waals surface area contributed by atoms with Gasteiger partial charge in [0.2, 0.25) is 0 Å². The van der Waals surface area contributed by atoms with Crippen LogP contribution in [0.15, 0.2) is 54.6 Å². The van der Waals surface area contributed by atoms with Gasteiger partial charge in [-0.2, -0.15) is 0 Å². The van der Waals surface area contributed by atoms with Crippen molar-refractivity contribution in [3.63, 3.8) is 0 Å². The summed E-state index contributed by atoms with van der Waals surface area (Å²) in [6.45, 7) is 8.06. The Hall–Kier alpha value is -1.84. The minimum absolute atomic E-state index is 0.0260. The number of nitrogens with zero attached hydrogens (tertiary/aromatic N) is 1. The summed E-state index contributed by atoms with van der Waals surface area (Å²) >= 11 is 0. The minimum Gasteiger partial charge on any atom is -0.494 e. The Morgan fingerprint density at radius 1 is 0.966 bits per heavy atom. The Balaban J connectivity index is 1.76. The van der Waals surface area contributed by atoms with Gasteiger partial charge < -0.3 is 14.7 Å². The van der Waals surface area contributed by atoms with Crippen molar-refractivity contribution in [2.45, 2.75) is 63.9 Å². The number of ether oxygens (including phenoxy) is 1. The molecule has 0 spiro atoms. The first-order chi connectivity index (χ1) is 14.1. The van der Waals surface area contributed by atoms with E-state index in [1.165, 1.54) is 37.7 Å². The molecule has 1 saturated heterocycles. The predicted octanol–water partition coefficient (Wildman–Crippen LogP) is 5.73. The molecule has 3 nitrogen and oxygen atoms in total. The molecule has 2 aromatic rings. The first-order valence-corrected chi connectivity index (χ1v) is 11.3. The van der Waals surface area contributed by atoms with Crippen LogP contribution in [0.5, 0.6) is 5.75 Å². The van der Waals surface area contributed by atoms with E-state index < -0.39 is 5.60 Å². The van der Waals surface area contributed by atoms with Gasteiger partial charge in [0, 0.05) is 12.5 Å². The lowest BCUT2D eigenvalue weighted by Gasteiger charge is -2.38. The molecule has 0 aliphatic carbocycles. The fourth-order valence-corrected chi connectivity index (χ4v) is 4.33. The Bertz CT molecular complexity index is 705. The van der Waals surface area contributed by atoms with Crippen molar-refractivity contribution in [3.05, 3.63) is 65.7 Å². The van der Waals surface area contributed by atoms with E-state index in [1.54, 1.807) is 0 Å². The molecule has 2 atom stereocenters. The maximum atomic E-state index is 11.7. The molecule has 29 heavy (non-hydrogen) atoms. The number of rotatable bonds is 10. The van der Waals surface area contributed by atoms with Crippen molar-refractivity contribution in [3.8, 4) is 5.75 Å². The van der Waals surface area contributed by atoms with Crippen LogP contribution in [0.2, 0.25) is 0 Å². The van der Waals surface area contributed by atoms with Crippen molar-refractivity contribution >= 4 is 0 Å². The summed E-state index contributed by atoms with van der Waals surface area (Å²) in [5.41, 5.74) is 1.20. The highest BCUT2D eigenvalue weighted by Crippen LogP contribution is 2.38. The fourth-order valence-electron chi connectivity index (χ4n) is 4.33. The van der Waals surface area contributed by atoms with Crippen molar-refractivity contribution < 1.29 is 9.84 Å². The molecule has 2 aromatic carbocycles. The molecule has 1 N–H and O–H groups in total. The summed E-state index contributed by atoms with van der Waals surface area (Å²) in [7, 11) is 0. The number of benzene rings is 2. The van der Waals surface area contributed by atoms with Crippen LogP contribution in [0.25, 0.3) is 0 Å². The number of unbranched alkanes of at least 4 members (excludes halogenated alkanes) is 2. The van der Waals surface area contributed by atoms with E-state index >= 15 is 0 Å². The molecular formula is C26H37NO2. The quantitative estimate of drug-likeness (QED) is 0.521. The van der Waals surface area contributed by atoms with Crippen LogP contribution in [0.1, 0.15) is 69.4 Å². The molecule has 0 amide bonds. The molecule has 0 radical (unpaired) electrons. The third-order valence-electron chi connectivity index (χ3n) is 6.23. The number of likely N-dealkylation sites (tertiary alicyclic amines) is 1. The van der Waals surface area contributed by atoms with Crippen molar-refractivity contribution in [2.75, 3.05) is 26.2 Å². The van der Waals surface area contributed by atoms with E-state index in [9.17, 15) is 5.11 Å². The molecule has 158 valence electrons. The van der Waals surface area contributed by atoms with Gasteiger partial charge in [0.1, 0.15) is 5.75 Å². The summed E-state index contributed by atoms with van der Waals surface area (Å²) in [6, 6.07) is 18.5. The first-order valence-electron chi connectivity index (χ1n) is 11.3. The van der Waals surface area contributed by atoms with Gasteiger partial charge >= 0.3 is 0 Å². The fraction of sp³-hybridized carbons (Fsp3) is 0.538. The van der Waals surface area contributed by atoms with Crippen LogP contribution in [0.4, 0.5) is 0 Å². The average molecular weight is 396 g/mol. The molecule has 0 aromatic heterocycles. The van der Waals surface area contributed by atoms with Crippen LogP contribution in [0.3, 0.4) is 0 Å². The molecule has 3 rings (SSSR count). The standard InChI is InChI=1S/C26H37NO2/c1-3-4-11-20-29-24-16-14-23(15-17-24)26(2,28)25(22-12-7-5-8-13-22)21-27-18-9-6-10-19-27/h5,7-8,12-17,25,28H,3-4,6,9-11,18-21H2,1-2H3/t25-,26-/m0/s1. The van der Waals surface area contributed by atoms with Crippen molar-refractivity contribution in [1.82, 2.24) is 4.90 Å². The maximum absolute atomic E-state index is 11.7. The first kappa shape index (κ1) is 21.9. The van der Waals surface area contributed by atoms with Gasteiger partial charge in [0.15, 0.2) is 0 Å². The zero-order chi connectivity index (χ0) is 20.5. The number of hydrogen-bond donors (Lipinski definition) is 1. The smallest absolute Gasteiger partial charge is 0.119 e. The second kappa shape index (κ2) is 10.8. The molecule has 3 heteroatoms. The Morgan fingerprint density at radius 2 is 1.66 bits per heavy atom. The normalized spacial score (nSPS) is 18.2. The average Bonchev–Trinajstić information content (AvgIpc) is 2.77. The maximum Gasteiger partial charge on any atom is 0.119 e. The highest BCUT2D eigenvalue weighted by Gasteiger charge is 2.36. The van der Waals surface area contributed by atoms with E-state index in [0.29, 0.717) is 0 Å². The predicted molar refractivity (Wildman–Crippen MR) is 121 cm³/mol. The monoisotopic (exact) mass is 395 g/mol. The molecule has 1 aliphatic heterocycles. The largest absolute Gasteiger partial charge is 0.494 e. The second-order valence-corrected chi connectivity index (χ2v) is 8.55. The molecular weight excluding hydrogens is 358 g/mol. The SMILES string of the molecule is CCCCCOc1ccc([C@](C)(O)[C@@H](CN2CCCCC2)c2ccccc2)cc1. The molecule has 0 bridgehead atoms. The number of aliphatic hydroxyl groups is 1.